The molecule has 2 amide bonds. The first-order valence-electron chi connectivity index (χ1n) is 8.30. The number of carbonyl (C=O) groups excluding carboxylic acids is 2. The van der Waals surface area contributed by atoms with Crippen LogP contribution in [0.25, 0.3) is 10.8 Å². The predicted octanol–water partition coefficient (Wildman–Crippen LogP) is 1.34. The van der Waals surface area contributed by atoms with Crippen molar-refractivity contribution in [1.29, 1.82) is 0 Å². The number of aromatic nitrogens is 1. The first-order valence-corrected chi connectivity index (χ1v) is 8.30. The van der Waals surface area contributed by atoms with Crippen LogP contribution in [0.15, 0.2) is 24.4 Å². The maximum atomic E-state index is 14.1. The van der Waals surface area contributed by atoms with Gasteiger partial charge >= 0.3 is 0 Å². The molecule has 1 aliphatic carbocycles. The third-order valence-corrected chi connectivity index (χ3v) is 5.27. The zero-order valence-electron chi connectivity index (χ0n) is 14.1. The molecule has 2 atom stereocenters. The quantitative estimate of drug-likeness (QED) is 0.838. The molecule has 2 aromatic rings. The van der Waals surface area contributed by atoms with Crippen LogP contribution in [-0.4, -0.2) is 42.7 Å². The summed E-state index contributed by atoms with van der Waals surface area (Å²) in [5, 5.41) is 4.02. The molecule has 1 spiro atoms. The zero-order valence-corrected chi connectivity index (χ0v) is 14.1. The number of alkyl halides is 1. The van der Waals surface area contributed by atoms with Gasteiger partial charge in [0.05, 0.1) is 18.7 Å². The molecule has 7 nitrogen and oxygen atoms in total. The SMILES string of the molecule is COc1cc2c(OCC3NC(=O)C(F)C34CC4)nccc2cc1C(N)=O. The summed E-state index contributed by atoms with van der Waals surface area (Å²) in [5.74, 6) is -0.528. The van der Waals surface area contributed by atoms with Gasteiger partial charge in [-0.3, -0.25) is 9.59 Å². The van der Waals surface area contributed by atoms with Gasteiger partial charge in [0.2, 0.25) is 5.88 Å². The predicted molar refractivity (Wildman–Crippen MR) is 90.8 cm³/mol. The summed E-state index contributed by atoms with van der Waals surface area (Å²) in [5.41, 5.74) is 5.00. The number of nitrogens with two attached hydrogens (primary N) is 1. The van der Waals surface area contributed by atoms with Gasteiger partial charge in [-0.1, -0.05) is 0 Å². The van der Waals surface area contributed by atoms with Crippen LogP contribution >= 0.6 is 0 Å². The van der Waals surface area contributed by atoms with E-state index in [4.69, 9.17) is 15.2 Å². The Morgan fingerprint density at radius 1 is 1.46 bits per heavy atom. The lowest BCUT2D eigenvalue weighted by molar-refractivity contribution is -0.124. The molecular weight excluding hydrogens is 341 g/mol. The largest absolute Gasteiger partial charge is 0.496 e. The highest BCUT2D eigenvalue weighted by Crippen LogP contribution is 2.55. The highest BCUT2D eigenvalue weighted by Gasteiger charge is 2.63. The second-order valence-corrected chi connectivity index (χ2v) is 6.72. The molecule has 1 saturated heterocycles. The molecule has 2 heterocycles. The van der Waals surface area contributed by atoms with Crippen molar-refractivity contribution in [2.75, 3.05) is 13.7 Å². The molecule has 0 radical (unpaired) electrons. The van der Waals surface area contributed by atoms with Crippen LogP contribution in [0, 0.1) is 5.41 Å². The molecule has 2 aliphatic rings. The van der Waals surface area contributed by atoms with Crippen molar-refractivity contribution in [3.8, 4) is 11.6 Å². The van der Waals surface area contributed by atoms with Crippen LogP contribution in [0.4, 0.5) is 4.39 Å². The van der Waals surface area contributed by atoms with Crippen LogP contribution in [0.2, 0.25) is 0 Å². The highest BCUT2D eigenvalue weighted by molar-refractivity contribution is 6.01. The molecule has 0 bridgehead atoms. The molecule has 4 rings (SSSR count). The fraction of sp³-hybridized carbons (Fsp3) is 0.389. The van der Waals surface area contributed by atoms with Crippen LogP contribution in [0.5, 0.6) is 11.6 Å². The summed E-state index contributed by atoms with van der Waals surface area (Å²) in [6, 6.07) is 4.60. The Morgan fingerprint density at radius 2 is 2.23 bits per heavy atom. The first kappa shape index (κ1) is 16.6. The van der Waals surface area contributed by atoms with Gasteiger partial charge in [0.15, 0.2) is 6.17 Å². The highest BCUT2D eigenvalue weighted by atomic mass is 19.1. The normalized spacial score (nSPS) is 23.1. The number of ether oxygens (including phenoxy) is 2. The molecule has 26 heavy (non-hydrogen) atoms. The smallest absolute Gasteiger partial charge is 0.255 e. The lowest BCUT2D eigenvalue weighted by atomic mass is 9.96. The number of nitrogens with zero attached hydrogens (tertiary/aromatic N) is 1. The Bertz CT molecular complexity index is 913. The topological polar surface area (TPSA) is 104 Å². The van der Waals surface area contributed by atoms with E-state index in [0.717, 1.165) is 0 Å². The van der Waals surface area contributed by atoms with Crippen molar-refractivity contribution < 1.29 is 23.5 Å². The summed E-state index contributed by atoms with van der Waals surface area (Å²) in [7, 11) is 1.44. The number of hydrogen-bond donors (Lipinski definition) is 2. The Kier molecular flexibility index (Phi) is 3.71. The van der Waals surface area contributed by atoms with Gasteiger partial charge in [-0.15, -0.1) is 0 Å². The second-order valence-electron chi connectivity index (χ2n) is 6.72. The van der Waals surface area contributed by atoms with E-state index in [9.17, 15) is 14.0 Å². The fourth-order valence-electron chi connectivity index (χ4n) is 3.59. The average molecular weight is 359 g/mol. The van der Waals surface area contributed by atoms with Gasteiger partial charge in [-0.2, -0.15) is 0 Å². The number of methoxy groups -OCH3 is 1. The fourth-order valence-corrected chi connectivity index (χ4v) is 3.59. The Morgan fingerprint density at radius 3 is 2.88 bits per heavy atom. The van der Waals surface area contributed by atoms with E-state index in [0.29, 0.717) is 35.2 Å². The summed E-state index contributed by atoms with van der Waals surface area (Å²) >= 11 is 0. The molecular formula is C18H18FN3O4. The number of primary amides is 1. The van der Waals surface area contributed by atoms with Crippen molar-refractivity contribution in [2.45, 2.75) is 25.1 Å². The van der Waals surface area contributed by atoms with Gasteiger partial charge in [-0.05, 0) is 36.4 Å². The summed E-state index contributed by atoms with van der Waals surface area (Å²) in [6.45, 7) is 0.123. The maximum absolute atomic E-state index is 14.1. The van der Waals surface area contributed by atoms with Gasteiger partial charge in [0.1, 0.15) is 12.4 Å². The minimum atomic E-state index is -1.48. The number of pyridine rings is 1. The number of benzene rings is 1. The number of carbonyl (C=O) groups is 2. The van der Waals surface area contributed by atoms with Gasteiger partial charge in [0, 0.05) is 17.0 Å². The van der Waals surface area contributed by atoms with E-state index in [1.54, 1.807) is 24.4 Å². The Hall–Kier alpha value is -2.90. The second kappa shape index (κ2) is 5.82. The standard InChI is InChI=1S/C18H18FN3O4/c1-25-12-7-10-9(6-11(12)15(20)23)2-5-21-17(10)26-8-13-18(3-4-18)14(19)16(24)22-13/h2,5-7,13-14H,3-4,8H2,1H3,(H2,20,23)(H,22,24). The van der Waals surface area contributed by atoms with Gasteiger partial charge in [-0.25, -0.2) is 9.37 Å². The number of halogens is 1. The monoisotopic (exact) mass is 359 g/mol. The zero-order chi connectivity index (χ0) is 18.5. The van der Waals surface area contributed by atoms with Crippen molar-refractivity contribution in [3.05, 3.63) is 30.0 Å². The van der Waals surface area contributed by atoms with E-state index in [-0.39, 0.29) is 18.2 Å². The van der Waals surface area contributed by atoms with Crippen molar-refractivity contribution in [3.63, 3.8) is 0 Å². The Balaban J connectivity index is 1.63. The minimum Gasteiger partial charge on any atom is -0.496 e. The van der Waals surface area contributed by atoms with Crippen LogP contribution in [0.1, 0.15) is 23.2 Å². The number of nitrogens with one attached hydrogen (secondary N) is 1. The number of rotatable bonds is 5. The van der Waals surface area contributed by atoms with E-state index < -0.39 is 23.4 Å². The van der Waals surface area contributed by atoms with Crippen molar-refractivity contribution in [2.24, 2.45) is 11.1 Å². The number of hydrogen-bond acceptors (Lipinski definition) is 5. The molecule has 1 aliphatic heterocycles. The minimum absolute atomic E-state index is 0.123. The Labute approximate surface area is 148 Å². The molecule has 2 fully saturated rings. The molecule has 1 aromatic carbocycles. The molecule has 3 N–H and O–H groups in total. The third kappa shape index (κ3) is 2.44. The van der Waals surface area contributed by atoms with Crippen molar-refractivity contribution in [1.82, 2.24) is 10.3 Å². The molecule has 1 aromatic heterocycles. The van der Waals surface area contributed by atoms with Crippen LogP contribution < -0.4 is 20.5 Å². The van der Waals surface area contributed by atoms with Crippen LogP contribution in [0.3, 0.4) is 0 Å². The van der Waals surface area contributed by atoms with E-state index in [1.165, 1.54) is 7.11 Å². The summed E-state index contributed by atoms with van der Waals surface area (Å²) in [6.07, 6.45) is 1.40. The van der Waals surface area contributed by atoms with E-state index in [2.05, 4.69) is 10.3 Å². The van der Waals surface area contributed by atoms with Gasteiger partial charge in [0.25, 0.3) is 11.8 Å². The number of amides is 2. The lowest BCUT2D eigenvalue weighted by Gasteiger charge is -2.19. The molecule has 8 heteroatoms. The number of fused-ring (bicyclic) bond motifs is 1. The van der Waals surface area contributed by atoms with E-state index in [1.807, 2.05) is 0 Å². The summed E-state index contributed by atoms with van der Waals surface area (Å²) < 4.78 is 25.1. The molecule has 1 saturated carbocycles. The maximum Gasteiger partial charge on any atom is 0.255 e. The molecule has 2 unspecified atom stereocenters. The van der Waals surface area contributed by atoms with Crippen LogP contribution in [-0.2, 0) is 4.79 Å². The van der Waals surface area contributed by atoms with Gasteiger partial charge < -0.3 is 20.5 Å². The summed E-state index contributed by atoms with van der Waals surface area (Å²) in [4.78, 5) is 27.4. The lowest BCUT2D eigenvalue weighted by Crippen LogP contribution is -2.36. The third-order valence-electron chi connectivity index (χ3n) is 5.27. The first-order chi connectivity index (χ1) is 12.5. The van der Waals surface area contributed by atoms with E-state index >= 15 is 0 Å². The average Bonchev–Trinajstić information content (AvgIpc) is 3.40. The van der Waals surface area contributed by atoms with Crippen molar-refractivity contribution >= 4 is 22.6 Å². The molecule has 136 valence electrons.